The van der Waals surface area contributed by atoms with Crippen molar-refractivity contribution in [3.05, 3.63) is 15.5 Å². The van der Waals surface area contributed by atoms with Crippen LogP contribution in [0.4, 0.5) is 8.78 Å². The first-order valence-electron chi connectivity index (χ1n) is 9.22. The third-order valence-corrected chi connectivity index (χ3v) is 7.90. The van der Waals surface area contributed by atoms with Crippen LogP contribution in [0, 0.1) is 15.5 Å². The van der Waals surface area contributed by atoms with Crippen LogP contribution in [-0.2, 0) is 11.4 Å². The van der Waals surface area contributed by atoms with Gasteiger partial charge in [0.1, 0.15) is 15.0 Å². The van der Waals surface area contributed by atoms with E-state index in [9.17, 15) is 13.3 Å². The van der Waals surface area contributed by atoms with Crippen molar-refractivity contribution in [2.45, 2.75) is 76.6 Å². The highest BCUT2D eigenvalue weighted by molar-refractivity contribution is 14.1. The first-order chi connectivity index (χ1) is 12.0. The Morgan fingerprint density at radius 1 is 1.35 bits per heavy atom. The van der Waals surface area contributed by atoms with Gasteiger partial charge in [0.25, 0.3) is 6.43 Å². The fourth-order valence-corrected chi connectivity index (χ4v) is 6.31. The number of rotatable bonds is 6. The maximum absolute atomic E-state index is 13.1. The molecule has 0 aliphatic heterocycles. The number of aromatic nitrogens is 2. The van der Waals surface area contributed by atoms with Crippen LogP contribution in [-0.4, -0.2) is 42.4 Å². The SMILES string of the molecule is CC(C)n1nc(I)cc1[C@@H]1[C@@H]2CC(N(CC(F)F)[S+]([O-])C(C)(C)C)C[C@@H]21. The molecule has 0 radical (unpaired) electrons. The third-order valence-electron chi connectivity index (χ3n) is 5.45. The van der Waals surface area contributed by atoms with Gasteiger partial charge in [0, 0.05) is 29.0 Å². The average Bonchev–Trinajstić information content (AvgIpc) is 2.85. The van der Waals surface area contributed by atoms with E-state index in [0.717, 1.165) is 16.5 Å². The number of nitrogens with zero attached hydrogens (tertiary/aromatic N) is 3. The third kappa shape index (κ3) is 4.07. The van der Waals surface area contributed by atoms with Crippen molar-refractivity contribution in [3.8, 4) is 0 Å². The molecule has 8 heteroatoms. The fraction of sp³-hybridized carbons (Fsp3) is 0.833. The van der Waals surface area contributed by atoms with E-state index in [0.29, 0.717) is 23.8 Å². The first kappa shape index (κ1) is 20.8. The van der Waals surface area contributed by atoms with Crippen molar-refractivity contribution < 1.29 is 13.3 Å². The second kappa shape index (κ2) is 7.48. The van der Waals surface area contributed by atoms with Crippen LogP contribution in [0.5, 0.6) is 0 Å². The summed E-state index contributed by atoms with van der Waals surface area (Å²) in [6.07, 6.45) is -0.758. The highest BCUT2D eigenvalue weighted by Crippen LogP contribution is 2.64. The molecule has 26 heavy (non-hydrogen) atoms. The molecule has 2 aliphatic carbocycles. The number of alkyl halides is 2. The Kier molecular flexibility index (Phi) is 5.98. The first-order valence-corrected chi connectivity index (χ1v) is 11.4. The summed E-state index contributed by atoms with van der Waals surface area (Å²) >= 11 is 0.838. The molecule has 0 bridgehead atoms. The van der Waals surface area contributed by atoms with Crippen LogP contribution in [0.3, 0.4) is 0 Å². The second-order valence-corrected chi connectivity index (χ2v) is 12.1. The smallest absolute Gasteiger partial charge is 0.255 e. The summed E-state index contributed by atoms with van der Waals surface area (Å²) in [5.41, 5.74) is 1.27. The Morgan fingerprint density at radius 3 is 2.38 bits per heavy atom. The molecule has 5 atom stereocenters. The van der Waals surface area contributed by atoms with E-state index in [4.69, 9.17) is 0 Å². The largest absolute Gasteiger partial charge is 0.597 e. The molecule has 0 aromatic carbocycles. The zero-order valence-electron chi connectivity index (χ0n) is 16.0. The maximum atomic E-state index is 13.1. The lowest BCUT2D eigenvalue weighted by molar-refractivity contribution is 0.104. The van der Waals surface area contributed by atoms with Crippen LogP contribution in [0.25, 0.3) is 0 Å². The number of hydrogen-bond donors (Lipinski definition) is 0. The lowest BCUT2D eigenvalue weighted by atomic mass is 10.0. The van der Waals surface area contributed by atoms with Gasteiger partial charge in [0.15, 0.2) is 0 Å². The molecule has 1 heterocycles. The standard InChI is InChI=1S/C18H28F2IN3OS/c1-10(2)24-14(8-16(21)22-24)17-12-6-11(7-13(12)17)23(9-15(19)20)26(25)18(3,4)5/h8,10-13,15,17H,6-7,9H2,1-5H3/t11?,12-,13+,17-,26?. The van der Waals surface area contributed by atoms with Gasteiger partial charge in [-0.25, -0.2) is 8.78 Å². The van der Waals surface area contributed by atoms with Crippen molar-refractivity contribution in [2.75, 3.05) is 6.54 Å². The Balaban J connectivity index is 1.71. The van der Waals surface area contributed by atoms with Gasteiger partial charge in [-0.2, -0.15) is 5.10 Å². The van der Waals surface area contributed by atoms with E-state index in [1.807, 2.05) is 20.8 Å². The summed E-state index contributed by atoms with van der Waals surface area (Å²) in [6, 6.07) is 2.46. The van der Waals surface area contributed by atoms with Gasteiger partial charge in [-0.05, 0) is 88.0 Å². The highest BCUT2D eigenvalue weighted by Gasteiger charge is 2.60. The molecule has 148 valence electrons. The molecule has 3 rings (SSSR count). The predicted octanol–water partition coefficient (Wildman–Crippen LogP) is 4.59. The summed E-state index contributed by atoms with van der Waals surface area (Å²) in [5.74, 6) is 1.48. The monoisotopic (exact) mass is 499 g/mol. The predicted molar refractivity (Wildman–Crippen MR) is 109 cm³/mol. The Bertz CT molecular complexity index is 637. The fourth-order valence-electron chi connectivity index (χ4n) is 4.37. The van der Waals surface area contributed by atoms with Gasteiger partial charge in [-0.1, -0.05) is 0 Å². The average molecular weight is 499 g/mol. The van der Waals surface area contributed by atoms with Crippen molar-refractivity contribution in [2.24, 2.45) is 11.8 Å². The van der Waals surface area contributed by atoms with Gasteiger partial charge in [0.2, 0.25) is 0 Å². The van der Waals surface area contributed by atoms with Gasteiger partial charge in [-0.15, -0.1) is 4.31 Å². The quantitative estimate of drug-likeness (QED) is 0.425. The van der Waals surface area contributed by atoms with Crippen LogP contribution in [0.15, 0.2) is 6.07 Å². The van der Waals surface area contributed by atoms with Gasteiger partial charge in [0.05, 0.1) is 6.04 Å². The molecular weight excluding hydrogens is 471 g/mol. The summed E-state index contributed by atoms with van der Waals surface area (Å²) < 4.78 is 43.1. The van der Waals surface area contributed by atoms with Crippen molar-refractivity contribution in [1.29, 1.82) is 0 Å². The molecule has 1 aromatic rings. The van der Waals surface area contributed by atoms with E-state index < -0.39 is 29.1 Å². The van der Waals surface area contributed by atoms with Crippen molar-refractivity contribution in [1.82, 2.24) is 14.1 Å². The molecule has 0 amide bonds. The molecule has 2 aliphatic rings. The van der Waals surface area contributed by atoms with E-state index in [1.165, 1.54) is 5.69 Å². The minimum atomic E-state index is -2.46. The highest BCUT2D eigenvalue weighted by atomic mass is 127. The normalized spacial score (nSPS) is 29.7. The molecule has 1 aromatic heterocycles. The zero-order valence-corrected chi connectivity index (χ0v) is 18.9. The lowest BCUT2D eigenvalue weighted by Gasteiger charge is -2.36. The number of hydrogen-bond acceptors (Lipinski definition) is 3. The minimum absolute atomic E-state index is 0.00944. The summed E-state index contributed by atoms with van der Waals surface area (Å²) in [5, 5.41) is 4.60. The molecule has 2 saturated carbocycles. The molecular formula is C18H28F2IN3OS. The van der Waals surface area contributed by atoms with E-state index in [2.05, 4.69) is 52.3 Å². The van der Waals surface area contributed by atoms with Gasteiger partial charge < -0.3 is 4.55 Å². The van der Waals surface area contributed by atoms with Crippen molar-refractivity contribution in [3.63, 3.8) is 0 Å². The van der Waals surface area contributed by atoms with Crippen LogP contribution >= 0.6 is 22.6 Å². The minimum Gasteiger partial charge on any atom is -0.597 e. The molecule has 4 nitrogen and oxygen atoms in total. The number of halogens is 3. The van der Waals surface area contributed by atoms with Crippen LogP contribution in [0.1, 0.15) is 65.1 Å². The summed E-state index contributed by atoms with van der Waals surface area (Å²) in [6.45, 7) is 9.41. The Morgan fingerprint density at radius 2 is 1.92 bits per heavy atom. The topological polar surface area (TPSA) is 44.1 Å². The molecule has 2 unspecified atom stereocenters. The zero-order chi connectivity index (χ0) is 19.4. The molecule has 0 spiro atoms. The number of fused-ring (bicyclic) bond motifs is 1. The van der Waals surface area contributed by atoms with E-state index in [1.54, 1.807) is 4.31 Å². The Labute approximate surface area is 171 Å². The maximum Gasteiger partial charge on any atom is 0.255 e. The molecule has 0 saturated heterocycles. The van der Waals surface area contributed by atoms with Crippen LogP contribution < -0.4 is 0 Å². The molecule has 0 N–H and O–H groups in total. The van der Waals surface area contributed by atoms with Gasteiger partial charge in [-0.3, -0.25) is 4.68 Å². The molecule has 2 fully saturated rings. The van der Waals surface area contributed by atoms with Gasteiger partial charge >= 0.3 is 0 Å². The van der Waals surface area contributed by atoms with E-state index >= 15 is 0 Å². The Hall–Kier alpha value is 0.0700. The van der Waals surface area contributed by atoms with Crippen LogP contribution in [0.2, 0.25) is 0 Å². The second-order valence-electron chi connectivity index (χ2n) is 8.76. The van der Waals surface area contributed by atoms with E-state index in [-0.39, 0.29) is 6.04 Å². The summed E-state index contributed by atoms with van der Waals surface area (Å²) in [7, 11) is 0. The van der Waals surface area contributed by atoms with Crippen molar-refractivity contribution >= 4 is 34.0 Å². The summed E-state index contributed by atoms with van der Waals surface area (Å²) in [4.78, 5) is 0. The lowest BCUT2D eigenvalue weighted by Crippen LogP contribution is -2.49.